The predicted molar refractivity (Wildman–Crippen MR) is 81.0 cm³/mol. The molecule has 5 heteroatoms. The Balaban J connectivity index is 2.49. The van der Waals surface area contributed by atoms with Crippen LogP contribution in [0.1, 0.15) is 21.5 Å². The molecule has 19 heavy (non-hydrogen) atoms. The van der Waals surface area contributed by atoms with E-state index in [0.717, 1.165) is 6.07 Å². The summed E-state index contributed by atoms with van der Waals surface area (Å²) in [5, 5.41) is 0. The van der Waals surface area contributed by atoms with Gasteiger partial charge < -0.3 is 0 Å². The molecular weight excluding hydrogens is 432 g/mol. The largest absolute Gasteiger partial charge is 0.207 e. The van der Waals surface area contributed by atoms with Crippen LogP contribution in [0.4, 0.5) is 13.2 Å². The van der Waals surface area contributed by atoms with Crippen molar-refractivity contribution >= 4 is 38.5 Å². The minimum Gasteiger partial charge on any atom is -0.207 e. The molecule has 2 rings (SSSR count). The van der Waals surface area contributed by atoms with Gasteiger partial charge in [0.05, 0.1) is 4.83 Å². The number of aryl methyl sites for hydroxylation is 1. The van der Waals surface area contributed by atoms with Crippen molar-refractivity contribution in [1.29, 1.82) is 0 Å². The van der Waals surface area contributed by atoms with Crippen molar-refractivity contribution in [2.45, 2.75) is 11.8 Å². The Hall–Kier alpha value is -0.560. The highest BCUT2D eigenvalue weighted by Gasteiger charge is 2.19. The molecule has 100 valence electrons. The third kappa shape index (κ3) is 3.13. The maximum absolute atomic E-state index is 13.9. The molecule has 0 aliphatic heterocycles. The van der Waals surface area contributed by atoms with Gasteiger partial charge >= 0.3 is 0 Å². The molecule has 0 saturated heterocycles. The lowest BCUT2D eigenvalue weighted by Gasteiger charge is -2.14. The van der Waals surface area contributed by atoms with Gasteiger partial charge in [-0.3, -0.25) is 0 Å². The normalized spacial score (nSPS) is 12.5. The molecule has 0 N–H and O–H groups in total. The van der Waals surface area contributed by atoms with Gasteiger partial charge in [-0.25, -0.2) is 13.2 Å². The van der Waals surface area contributed by atoms with Crippen molar-refractivity contribution in [1.82, 2.24) is 0 Å². The second-order valence-electron chi connectivity index (χ2n) is 4.15. The topological polar surface area (TPSA) is 0 Å². The molecule has 0 saturated carbocycles. The average molecular weight is 441 g/mol. The first-order valence-corrected chi connectivity index (χ1v) is 7.44. The number of hydrogen-bond donors (Lipinski definition) is 0. The van der Waals surface area contributed by atoms with Crippen LogP contribution >= 0.6 is 38.5 Å². The molecule has 0 heterocycles. The van der Waals surface area contributed by atoms with Crippen molar-refractivity contribution in [2.24, 2.45) is 0 Å². The van der Waals surface area contributed by atoms with Gasteiger partial charge in [-0.05, 0) is 64.9 Å². The zero-order valence-corrected chi connectivity index (χ0v) is 13.6. The molecule has 0 aliphatic rings. The van der Waals surface area contributed by atoms with E-state index in [1.54, 1.807) is 6.07 Å². The lowest BCUT2D eigenvalue weighted by Crippen LogP contribution is -2.01. The van der Waals surface area contributed by atoms with Crippen molar-refractivity contribution in [3.8, 4) is 0 Å². The standard InChI is InChI=1S/C14H9BrF3I/c1-7-4-12(18)10(6-11(7)17)14(15)9-3-2-8(16)5-13(9)19/h2-6,14H,1H3. The van der Waals surface area contributed by atoms with Gasteiger partial charge in [0.15, 0.2) is 0 Å². The summed E-state index contributed by atoms with van der Waals surface area (Å²) in [5.41, 5.74) is 1.16. The fourth-order valence-electron chi connectivity index (χ4n) is 1.73. The summed E-state index contributed by atoms with van der Waals surface area (Å²) < 4.78 is 41.2. The second kappa shape index (κ2) is 5.83. The van der Waals surface area contributed by atoms with Crippen molar-refractivity contribution in [3.63, 3.8) is 0 Å². The SMILES string of the molecule is Cc1cc(F)c(C(Br)c2ccc(F)cc2I)cc1F. The van der Waals surface area contributed by atoms with Crippen LogP contribution in [0.5, 0.6) is 0 Å². The summed E-state index contributed by atoms with van der Waals surface area (Å²) >= 11 is 5.31. The summed E-state index contributed by atoms with van der Waals surface area (Å²) in [5.74, 6) is -1.30. The highest BCUT2D eigenvalue weighted by molar-refractivity contribution is 14.1. The Morgan fingerprint density at radius 3 is 2.32 bits per heavy atom. The first-order chi connectivity index (χ1) is 8.90. The van der Waals surface area contributed by atoms with Crippen LogP contribution in [0.2, 0.25) is 0 Å². The third-order valence-electron chi connectivity index (χ3n) is 2.79. The van der Waals surface area contributed by atoms with Gasteiger partial charge in [0.2, 0.25) is 0 Å². The van der Waals surface area contributed by atoms with E-state index in [0.29, 0.717) is 9.13 Å². The Labute approximate surface area is 131 Å². The van der Waals surface area contributed by atoms with E-state index in [-0.39, 0.29) is 16.9 Å². The Bertz CT molecular complexity index is 628. The van der Waals surface area contributed by atoms with Gasteiger partial charge in [-0.15, -0.1) is 0 Å². The van der Waals surface area contributed by atoms with Crippen molar-refractivity contribution in [3.05, 3.63) is 68.0 Å². The summed E-state index contributed by atoms with van der Waals surface area (Å²) in [6.45, 7) is 1.51. The first-order valence-electron chi connectivity index (χ1n) is 5.44. The van der Waals surface area contributed by atoms with Crippen molar-refractivity contribution in [2.75, 3.05) is 0 Å². The number of alkyl halides is 1. The lowest BCUT2D eigenvalue weighted by atomic mass is 10.0. The van der Waals surface area contributed by atoms with E-state index in [4.69, 9.17) is 0 Å². The Morgan fingerprint density at radius 2 is 1.68 bits per heavy atom. The number of benzene rings is 2. The quantitative estimate of drug-likeness (QED) is 0.427. The number of rotatable bonds is 2. The van der Waals surface area contributed by atoms with Gasteiger partial charge in [-0.2, -0.15) is 0 Å². The minimum absolute atomic E-state index is 0.202. The van der Waals surface area contributed by atoms with E-state index in [1.807, 2.05) is 22.6 Å². The predicted octanol–water partition coefficient (Wildman–Crippen LogP) is 5.50. The first kappa shape index (κ1) is 14.8. The third-order valence-corrected chi connectivity index (χ3v) is 4.71. The Kier molecular flexibility index (Phi) is 4.55. The molecule has 0 aliphatic carbocycles. The maximum atomic E-state index is 13.9. The smallest absolute Gasteiger partial charge is 0.128 e. The van der Waals surface area contributed by atoms with E-state index in [2.05, 4.69) is 15.9 Å². The molecule has 0 nitrogen and oxygen atoms in total. The molecule has 1 unspecified atom stereocenters. The van der Waals surface area contributed by atoms with Gasteiger partial charge in [0.1, 0.15) is 17.5 Å². The lowest BCUT2D eigenvalue weighted by molar-refractivity contribution is 0.581. The summed E-state index contributed by atoms with van der Waals surface area (Å²) in [6.07, 6.45) is 0. The van der Waals surface area contributed by atoms with Crippen LogP contribution in [0.25, 0.3) is 0 Å². The summed E-state index contributed by atoms with van der Waals surface area (Å²) in [7, 11) is 0. The van der Waals surface area contributed by atoms with E-state index in [1.165, 1.54) is 25.1 Å². The molecule has 0 fully saturated rings. The van der Waals surface area contributed by atoms with E-state index < -0.39 is 16.5 Å². The highest BCUT2D eigenvalue weighted by atomic mass is 127. The molecule has 2 aromatic carbocycles. The molecule has 0 spiro atoms. The van der Waals surface area contributed by atoms with Crippen LogP contribution < -0.4 is 0 Å². The van der Waals surface area contributed by atoms with Crippen LogP contribution in [-0.2, 0) is 0 Å². The fourth-order valence-corrected chi connectivity index (χ4v) is 3.70. The van der Waals surface area contributed by atoms with E-state index in [9.17, 15) is 13.2 Å². The average Bonchev–Trinajstić information content (AvgIpc) is 2.33. The summed E-state index contributed by atoms with van der Waals surface area (Å²) in [6, 6.07) is 6.55. The Morgan fingerprint density at radius 1 is 1.00 bits per heavy atom. The highest BCUT2D eigenvalue weighted by Crippen LogP contribution is 2.36. The van der Waals surface area contributed by atoms with Crippen molar-refractivity contribution < 1.29 is 13.2 Å². The van der Waals surface area contributed by atoms with Crippen LogP contribution in [0.15, 0.2) is 30.3 Å². The zero-order valence-electron chi connectivity index (χ0n) is 9.85. The summed E-state index contributed by atoms with van der Waals surface area (Å²) in [4.78, 5) is -0.518. The minimum atomic E-state index is -0.518. The molecule has 0 bridgehead atoms. The van der Waals surface area contributed by atoms with Crippen LogP contribution in [0, 0.1) is 27.9 Å². The molecule has 0 amide bonds. The fraction of sp³-hybridized carbons (Fsp3) is 0.143. The van der Waals surface area contributed by atoms with Gasteiger partial charge in [0.25, 0.3) is 0 Å². The molecule has 2 aromatic rings. The monoisotopic (exact) mass is 440 g/mol. The molecule has 0 aromatic heterocycles. The van der Waals surface area contributed by atoms with E-state index >= 15 is 0 Å². The van der Waals surface area contributed by atoms with Gasteiger partial charge in [-0.1, -0.05) is 22.0 Å². The molecule has 1 atom stereocenters. The van der Waals surface area contributed by atoms with Gasteiger partial charge in [0, 0.05) is 9.13 Å². The maximum Gasteiger partial charge on any atom is 0.128 e. The number of hydrogen-bond acceptors (Lipinski definition) is 0. The molecule has 0 radical (unpaired) electrons. The number of halogens is 5. The zero-order chi connectivity index (χ0) is 14.2. The van der Waals surface area contributed by atoms with Crippen LogP contribution in [-0.4, -0.2) is 0 Å². The second-order valence-corrected chi connectivity index (χ2v) is 6.23. The van der Waals surface area contributed by atoms with Crippen LogP contribution in [0.3, 0.4) is 0 Å². The molecular formula is C14H9BrF3I.